The Morgan fingerprint density at radius 3 is 2.64 bits per heavy atom. The summed E-state index contributed by atoms with van der Waals surface area (Å²) in [6.45, 7) is 0.771. The number of anilines is 1. The molecule has 0 spiro atoms. The van der Waals surface area contributed by atoms with Gasteiger partial charge in [-0.3, -0.25) is 4.79 Å². The minimum absolute atomic E-state index is 0.00776. The fourth-order valence-electron chi connectivity index (χ4n) is 2.69. The maximum absolute atomic E-state index is 13.0. The number of nitrogens with zero attached hydrogens (tertiary/aromatic N) is 2. The van der Waals surface area contributed by atoms with Crippen LogP contribution >= 0.6 is 0 Å². The van der Waals surface area contributed by atoms with Crippen molar-refractivity contribution in [2.45, 2.75) is 13.0 Å². The summed E-state index contributed by atoms with van der Waals surface area (Å²) in [5, 5.41) is 6.66. The summed E-state index contributed by atoms with van der Waals surface area (Å²) in [6.07, 6.45) is 0.780. The van der Waals surface area contributed by atoms with Crippen molar-refractivity contribution in [1.82, 2.24) is 9.78 Å². The van der Waals surface area contributed by atoms with E-state index in [1.807, 2.05) is 0 Å². The van der Waals surface area contributed by atoms with Crippen LogP contribution in [0.25, 0.3) is 11.5 Å². The first-order valence-corrected chi connectivity index (χ1v) is 8.62. The molecule has 1 aliphatic rings. The SMILES string of the molecule is O=C(Cn1nc(-c2ccc(F)cc2)oc1=O)Nc1ccc2c(c1)OCCCO2. The van der Waals surface area contributed by atoms with Crippen molar-refractivity contribution in [2.24, 2.45) is 0 Å². The molecule has 4 rings (SSSR count). The zero-order valence-electron chi connectivity index (χ0n) is 14.7. The van der Waals surface area contributed by atoms with Gasteiger partial charge in [-0.1, -0.05) is 0 Å². The standard InChI is InChI=1S/C19H16FN3O5/c20-13-4-2-12(3-5-13)18-22-23(19(25)28-18)11-17(24)21-14-6-7-15-16(10-14)27-9-1-8-26-15/h2-7,10H,1,8-9,11H2,(H,21,24). The zero-order chi connectivity index (χ0) is 19.5. The highest BCUT2D eigenvalue weighted by Gasteiger charge is 2.15. The van der Waals surface area contributed by atoms with Gasteiger partial charge in [-0.05, 0) is 36.4 Å². The highest BCUT2D eigenvalue weighted by molar-refractivity contribution is 5.90. The zero-order valence-corrected chi connectivity index (χ0v) is 14.7. The van der Waals surface area contributed by atoms with Crippen molar-refractivity contribution in [3.63, 3.8) is 0 Å². The molecular weight excluding hydrogens is 369 g/mol. The molecule has 2 aromatic carbocycles. The normalized spacial score (nSPS) is 13.0. The minimum atomic E-state index is -0.784. The van der Waals surface area contributed by atoms with Gasteiger partial charge in [-0.2, -0.15) is 4.68 Å². The number of benzene rings is 2. The summed E-state index contributed by atoms with van der Waals surface area (Å²) in [5.74, 6) is -0.489. The Balaban J connectivity index is 1.46. The first-order chi connectivity index (χ1) is 13.6. The Hall–Kier alpha value is -3.62. The van der Waals surface area contributed by atoms with Gasteiger partial charge < -0.3 is 19.2 Å². The van der Waals surface area contributed by atoms with Crippen LogP contribution in [-0.2, 0) is 11.3 Å². The van der Waals surface area contributed by atoms with E-state index < -0.39 is 17.5 Å². The number of halogens is 1. The number of fused-ring (bicyclic) bond motifs is 1. The second kappa shape index (κ2) is 7.55. The number of hydrogen-bond acceptors (Lipinski definition) is 6. The van der Waals surface area contributed by atoms with Crippen LogP contribution in [0, 0.1) is 5.82 Å². The lowest BCUT2D eigenvalue weighted by molar-refractivity contribution is -0.117. The first-order valence-electron chi connectivity index (χ1n) is 8.62. The van der Waals surface area contributed by atoms with Gasteiger partial charge in [0.2, 0.25) is 11.8 Å². The minimum Gasteiger partial charge on any atom is -0.490 e. The lowest BCUT2D eigenvalue weighted by Crippen LogP contribution is -2.25. The molecule has 1 N–H and O–H groups in total. The molecule has 1 aromatic heterocycles. The molecule has 1 aliphatic heterocycles. The molecule has 144 valence electrons. The van der Waals surface area contributed by atoms with Crippen LogP contribution in [0.5, 0.6) is 11.5 Å². The van der Waals surface area contributed by atoms with Crippen LogP contribution in [0.4, 0.5) is 10.1 Å². The Morgan fingerprint density at radius 1 is 1.11 bits per heavy atom. The predicted octanol–water partition coefficient (Wildman–Crippen LogP) is 2.44. The average Bonchev–Trinajstić information content (AvgIpc) is 2.89. The van der Waals surface area contributed by atoms with Gasteiger partial charge in [-0.15, -0.1) is 5.10 Å². The number of carbonyl (C=O) groups excluding carboxylic acids is 1. The number of nitrogens with one attached hydrogen (secondary N) is 1. The number of amides is 1. The number of aromatic nitrogens is 2. The highest BCUT2D eigenvalue weighted by atomic mass is 19.1. The van der Waals surface area contributed by atoms with Crippen molar-refractivity contribution >= 4 is 11.6 Å². The summed E-state index contributed by atoms with van der Waals surface area (Å²) in [5.41, 5.74) is 0.935. The molecule has 9 heteroatoms. The summed E-state index contributed by atoms with van der Waals surface area (Å²) in [7, 11) is 0. The summed E-state index contributed by atoms with van der Waals surface area (Å²) < 4.78 is 30.1. The van der Waals surface area contributed by atoms with Crippen LogP contribution in [0.15, 0.2) is 51.7 Å². The Labute approximate surface area is 158 Å². The van der Waals surface area contributed by atoms with E-state index in [2.05, 4.69) is 10.4 Å². The predicted molar refractivity (Wildman–Crippen MR) is 96.8 cm³/mol. The Bertz CT molecular complexity index is 1060. The largest absolute Gasteiger partial charge is 0.490 e. The van der Waals surface area contributed by atoms with Crippen molar-refractivity contribution in [3.05, 3.63) is 58.8 Å². The first kappa shape index (κ1) is 17.8. The van der Waals surface area contributed by atoms with Crippen LogP contribution in [0.2, 0.25) is 0 Å². The molecule has 0 radical (unpaired) electrons. The van der Waals surface area contributed by atoms with Gasteiger partial charge in [0, 0.05) is 23.7 Å². The van der Waals surface area contributed by atoms with E-state index >= 15 is 0 Å². The molecule has 1 amide bonds. The summed E-state index contributed by atoms with van der Waals surface area (Å²) in [6, 6.07) is 10.4. The van der Waals surface area contributed by atoms with Crippen molar-refractivity contribution in [1.29, 1.82) is 0 Å². The quantitative estimate of drug-likeness (QED) is 0.741. The van der Waals surface area contributed by atoms with Gasteiger partial charge in [0.25, 0.3) is 0 Å². The molecule has 0 saturated heterocycles. The molecule has 0 bridgehead atoms. The maximum atomic E-state index is 13.0. The van der Waals surface area contributed by atoms with Gasteiger partial charge in [0.15, 0.2) is 11.5 Å². The van der Waals surface area contributed by atoms with E-state index in [1.165, 1.54) is 24.3 Å². The van der Waals surface area contributed by atoms with Crippen LogP contribution in [0.1, 0.15) is 6.42 Å². The molecule has 28 heavy (non-hydrogen) atoms. The van der Waals surface area contributed by atoms with Crippen LogP contribution in [-0.4, -0.2) is 28.9 Å². The van der Waals surface area contributed by atoms with E-state index in [-0.39, 0.29) is 12.4 Å². The Morgan fingerprint density at radius 2 is 1.86 bits per heavy atom. The average molecular weight is 385 g/mol. The lowest BCUT2D eigenvalue weighted by atomic mass is 10.2. The molecule has 0 atom stereocenters. The molecular formula is C19H16FN3O5. The smallest absolute Gasteiger partial charge is 0.437 e. The molecule has 3 aromatic rings. The third-order valence-corrected chi connectivity index (χ3v) is 4.02. The molecule has 0 aliphatic carbocycles. The van der Waals surface area contributed by atoms with Gasteiger partial charge in [0.05, 0.1) is 13.2 Å². The molecule has 0 fully saturated rings. The monoisotopic (exact) mass is 385 g/mol. The number of ether oxygens (including phenoxy) is 2. The van der Waals surface area contributed by atoms with Gasteiger partial charge in [-0.25, -0.2) is 9.18 Å². The van der Waals surface area contributed by atoms with Crippen molar-refractivity contribution < 1.29 is 23.1 Å². The fourth-order valence-corrected chi connectivity index (χ4v) is 2.69. The van der Waals surface area contributed by atoms with E-state index in [0.717, 1.165) is 11.1 Å². The molecule has 0 unspecified atom stereocenters. The molecule has 0 saturated carbocycles. The molecule has 8 nitrogen and oxygen atoms in total. The number of hydrogen-bond donors (Lipinski definition) is 1. The van der Waals surface area contributed by atoms with Gasteiger partial charge in [0.1, 0.15) is 12.4 Å². The van der Waals surface area contributed by atoms with E-state index in [1.54, 1.807) is 18.2 Å². The van der Waals surface area contributed by atoms with E-state index in [0.29, 0.717) is 36.0 Å². The second-order valence-electron chi connectivity index (χ2n) is 6.10. The van der Waals surface area contributed by atoms with Crippen molar-refractivity contribution in [2.75, 3.05) is 18.5 Å². The molecule has 2 heterocycles. The number of carbonyl (C=O) groups is 1. The highest BCUT2D eigenvalue weighted by Crippen LogP contribution is 2.32. The summed E-state index contributed by atoms with van der Waals surface area (Å²) in [4.78, 5) is 24.2. The van der Waals surface area contributed by atoms with Crippen LogP contribution < -0.4 is 20.5 Å². The third-order valence-electron chi connectivity index (χ3n) is 4.02. The summed E-state index contributed by atoms with van der Waals surface area (Å²) >= 11 is 0. The second-order valence-corrected chi connectivity index (χ2v) is 6.10. The third kappa shape index (κ3) is 3.88. The Kier molecular flexibility index (Phi) is 4.79. The maximum Gasteiger partial charge on any atom is 0.437 e. The van der Waals surface area contributed by atoms with Crippen molar-refractivity contribution in [3.8, 4) is 23.0 Å². The lowest BCUT2D eigenvalue weighted by Gasteiger charge is -2.10. The van der Waals surface area contributed by atoms with E-state index in [4.69, 9.17) is 13.9 Å². The fraction of sp³-hybridized carbons (Fsp3) is 0.211. The van der Waals surface area contributed by atoms with Crippen LogP contribution in [0.3, 0.4) is 0 Å². The topological polar surface area (TPSA) is 95.6 Å². The number of rotatable bonds is 4. The van der Waals surface area contributed by atoms with E-state index in [9.17, 15) is 14.0 Å². The van der Waals surface area contributed by atoms with Gasteiger partial charge >= 0.3 is 5.76 Å².